The van der Waals surface area contributed by atoms with Gasteiger partial charge in [-0.25, -0.2) is 0 Å². The van der Waals surface area contributed by atoms with Crippen LogP contribution in [0.25, 0.3) is 10.9 Å². The van der Waals surface area contributed by atoms with E-state index < -0.39 is 0 Å². The Kier molecular flexibility index (Phi) is 2.91. The van der Waals surface area contributed by atoms with E-state index in [1.165, 1.54) is 5.56 Å². The molecule has 0 spiro atoms. The van der Waals surface area contributed by atoms with Gasteiger partial charge in [-0.3, -0.25) is 0 Å². The van der Waals surface area contributed by atoms with Crippen LogP contribution in [0.3, 0.4) is 0 Å². The lowest BCUT2D eigenvalue weighted by Crippen LogP contribution is -2.03. The zero-order valence-corrected chi connectivity index (χ0v) is 9.91. The van der Waals surface area contributed by atoms with Gasteiger partial charge in [0.2, 0.25) is 0 Å². The van der Waals surface area contributed by atoms with Gasteiger partial charge in [-0.15, -0.1) is 0 Å². The van der Waals surface area contributed by atoms with E-state index in [0.29, 0.717) is 11.6 Å². The van der Waals surface area contributed by atoms with Crippen LogP contribution in [0.5, 0.6) is 0 Å². The van der Waals surface area contributed by atoms with Crippen molar-refractivity contribution in [3.05, 3.63) is 33.4 Å². The van der Waals surface area contributed by atoms with E-state index in [2.05, 4.69) is 4.98 Å². The second-order valence-electron chi connectivity index (χ2n) is 3.55. The minimum atomic E-state index is 0.608. The van der Waals surface area contributed by atoms with Crippen molar-refractivity contribution in [2.24, 2.45) is 5.73 Å². The lowest BCUT2D eigenvalue weighted by Gasteiger charge is -2.01. The van der Waals surface area contributed by atoms with Crippen molar-refractivity contribution in [1.82, 2.24) is 4.98 Å². The summed E-state index contributed by atoms with van der Waals surface area (Å²) in [5, 5.41) is 2.43. The predicted molar refractivity (Wildman–Crippen MR) is 65.8 cm³/mol. The molecule has 2 aromatic rings. The lowest BCUT2D eigenvalue weighted by molar-refractivity contribution is 0.963. The Bertz CT molecular complexity index is 503. The molecule has 1 heterocycles. The Hall–Kier alpha value is -0.700. The second-order valence-corrected chi connectivity index (χ2v) is 4.36. The van der Waals surface area contributed by atoms with Crippen LogP contribution in [0.1, 0.15) is 11.3 Å². The van der Waals surface area contributed by atoms with E-state index in [0.717, 1.165) is 28.0 Å². The summed E-state index contributed by atoms with van der Waals surface area (Å²) in [7, 11) is 0. The highest BCUT2D eigenvalue weighted by molar-refractivity contribution is 6.40. The maximum atomic E-state index is 6.16. The molecule has 1 aromatic carbocycles. The number of aromatic nitrogens is 1. The molecule has 0 saturated carbocycles. The zero-order valence-electron chi connectivity index (χ0n) is 8.40. The van der Waals surface area contributed by atoms with Crippen LogP contribution in [0, 0.1) is 6.92 Å². The molecule has 2 nitrogen and oxygen atoms in total. The monoisotopic (exact) mass is 242 g/mol. The SMILES string of the molecule is Cc1[nH]c2c(Cl)ccc(Cl)c2c1CCN. The normalized spacial score (nSPS) is 11.2. The predicted octanol–water partition coefficient (Wildman–Crippen LogP) is 3.28. The van der Waals surface area contributed by atoms with Crippen LogP contribution in [0.2, 0.25) is 10.0 Å². The molecule has 0 saturated heterocycles. The quantitative estimate of drug-likeness (QED) is 0.834. The third kappa shape index (κ3) is 1.73. The summed E-state index contributed by atoms with van der Waals surface area (Å²) in [5.41, 5.74) is 8.74. The maximum absolute atomic E-state index is 6.16. The maximum Gasteiger partial charge on any atom is 0.0663 e. The van der Waals surface area contributed by atoms with Gasteiger partial charge < -0.3 is 10.7 Å². The van der Waals surface area contributed by atoms with Crippen LogP contribution in [-0.2, 0) is 6.42 Å². The molecule has 0 unspecified atom stereocenters. The van der Waals surface area contributed by atoms with E-state index in [1.807, 2.05) is 13.0 Å². The number of benzene rings is 1. The van der Waals surface area contributed by atoms with Gasteiger partial charge in [-0.1, -0.05) is 23.2 Å². The molecule has 0 aliphatic rings. The average Bonchev–Trinajstić information content (AvgIpc) is 2.53. The molecule has 4 heteroatoms. The van der Waals surface area contributed by atoms with E-state index in [9.17, 15) is 0 Å². The summed E-state index contributed by atoms with van der Waals surface area (Å²) in [5.74, 6) is 0. The molecule has 80 valence electrons. The molecule has 3 N–H and O–H groups in total. The van der Waals surface area contributed by atoms with Gasteiger partial charge in [0.05, 0.1) is 15.6 Å². The fourth-order valence-corrected chi connectivity index (χ4v) is 2.35. The number of hydrogen-bond donors (Lipinski definition) is 2. The summed E-state index contributed by atoms with van der Waals surface area (Å²) in [6, 6.07) is 3.62. The molecule has 1 aromatic heterocycles. The Balaban J connectivity index is 2.79. The molecule has 0 radical (unpaired) electrons. The van der Waals surface area contributed by atoms with Gasteiger partial charge in [0.25, 0.3) is 0 Å². The molecule has 0 aliphatic heterocycles. The van der Waals surface area contributed by atoms with Crippen molar-refractivity contribution in [1.29, 1.82) is 0 Å². The summed E-state index contributed by atoms with van der Waals surface area (Å²) in [4.78, 5) is 3.25. The molecule has 0 fully saturated rings. The summed E-state index contributed by atoms with van der Waals surface area (Å²) >= 11 is 12.3. The van der Waals surface area contributed by atoms with Crippen LogP contribution >= 0.6 is 23.2 Å². The first-order valence-electron chi connectivity index (χ1n) is 4.80. The third-order valence-electron chi connectivity index (χ3n) is 2.56. The molecule has 0 amide bonds. The van der Waals surface area contributed by atoms with Crippen LogP contribution < -0.4 is 5.73 Å². The van der Waals surface area contributed by atoms with Crippen molar-refractivity contribution in [2.75, 3.05) is 6.54 Å². The van der Waals surface area contributed by atoms with Gasteiger partial charge in [0.1, 0.15) is 0 Å². The highest BCUT2D eigenvalue weighted by Gasteiger charge is 2.12. The van der Waals surface area contributed by atoms with E-state index in [1.54, 1.807) is 6.07 Å². The number of hydrogen-bond acceptors (Lipinski definition) is 1. The van der Waals surface area contributed by atoms with Crippen LogP contribution in [0.4, 0.5) is 0 Å². The van der Waals surface area contributed by atoms with Gasteiger partial charge in [-0.05, 0) is 37.6 Å². The average molecular weight is 243 g/mol. The number of nitrogens with two attached hydrogens (primary N) is 1. The number of aromatic amines is 1. The minimum absolute atomic E-state index is 0.608. The molecule has 15 heavy (non-hydrogen) atoms. The fraction of sp³-hybridized carbons (Fsp3) is 0.273. The zero-order chi connectivity index (χ0) is 11.0. The summed E-state index contributed by atoms with van der Waals surface area (Å²) in [6.07, 6.45) is 0.811. The smallest absolute Gasteiger partial charge is 0.0663 e. The lowest BCUT2D eigenvalue weighted by atomic mass is 10.1. The van der Waals surface area contributed by atoms with Gasteiger partial charge in [-0.2, -0.15) is 0 Å². The summed E-state index contributed by atoms with van der Waals surface area (Å²) < 4.78 is 0. The third-order valence-corrected chi connectivity index (χ3v) is 3.19. The van der Waals surface area contributed by atoms with Crippen LogP contribution in [0.15, 0.2) is 12.1 Å². The molecular formula is C11H12Cl2N2. The minimum Gasteiger partial charge on any atom is -0.357 e. The Labute approximate surface area is 98.4 Å². The second kappa shape index (κ2) is 4.05. The first-order valence-corrected chi connectivity index (χ1v) is 5.56. The van der Waals surface area contributed by atoms with Crippen molar-refractivity contribution < 1.29 is 0 Å². The summed E-state index contributed by atoms with van der Waals surface area (Å²) in [6.45, 7) is 2.62. The number of fused-ring (bicyclic) bond motifs is 1. The molecule has 0 aliphatic carbocycles. The number of rotatable bonds is 2. The molecular weight excluding hydrogens is 231 g/mol. The Morgan fingerprint density at radius 1 is 1.27 bits per heavy atom. The first kappa shape index (κ1) is 10.8. The van der Waals surface area contributed by atoms with E-state index in [4.69, 9.17) is 28.9 Å². The largest absolute Gasteiger partial charge is 0.357 e. The van der Waals surface area contributed by atoms with Crippen LogP contribution in [-0.4, -0.2) is 11.5 Å². The van der Waals surface area contributed by atoms with Gasteiger partial charge in [0, 0.05) is 11.1 Å². The molecule has 0 atom stereocenters. The number of nitrogens with one attached hydrogen (secondary N) is 1. The van der Waals surface area contributed by atoms with Gasteiger partial charge in [0.15, 0.2) is 0 Å². The fourth-order valence-electron chi connectivity index (χ4n) is 1.88. The molecule has 2 rings (SSSR count). The highest BCUT2D eigenvalue weighted by atomic mass is 35.5. The van der Waals surface area contributed by atoms with E-state index >= 15 is 0 Å². The van der Waals surface area contributed by atoms with Gasteiger partial charge >= 0.3 is 0 Å². The van der Waals surface area contributed by atoms with Crippen molar-refractivity contribution in [3.8, 4) is 0 Å². The number of aryl methyl sites for hydroxylation is 1. The van der Waals surface area contributed by atoms with Crippen molar-refractivity contribution in [2.45, 2.75) is 13.3 Å². The Morgan fingerprint density at radius 3 is 2.60 bits per heavy atom. The standard InChI is InChI=1S/C11H12Cl2N2/c1-6-7(4-5-14)10-8(12)2-3-9(13)11(10)15-6/h2-3,15H,4-5,14H2,1H3. The van der Waals surface area contributed by atoms with Crippen molar-refractivity contribution in [3.63, 3.8) is 0 Å². The number of halogens is 2. The number of H-pyrrole nitrogens is 1. The van der Waals surface area contributed by atoms with E-state index in [-0.39, 0.29) is 0 Å². The van der Waals surface area contributed by atoms with Crippen molar-refractivity contribution >= 4 is 34.1 Å². The first-order chi connectivity index (χ1) is 7.15. The topological polar surface area (TPSA) is 41.8 Å². The Morgan fingerprint density at radius 2 is 1.93 bits per heavy atom. The highest BCUT2D eigenvalue weighted by Crippen LogP contribution is 2.33. The molecule has 0 bridgehead atoms.